The maximum atomic E-state index is 5.86. The molecule has 1 aromatic rings. The molecule has 0 radical (unpaired) electrons. The highest BCUT2D eigenvalue weighted by molar-refractivity contribution is 5.70. The van der Waals surface area contributed by atoms with Crippen LogP contribution in [0, 0.1) is 6.92 Å². The van der Waals surface area contributed by atoms with Crippen LogP contribution in [-0.4, -0.2) is 0 Å². The second-order valence-electron chi connectivity index (χ2n) is 3.69. The van der Waals surface area contributed by atoms with E-state index in [1.165, 1.54) is 36.0 Å². The molecule has 0 bridgehead atoms. The summed E-state index contributed by atoms with van der Waals surface area (Å²) in [7, 11) is 0. The summed E-state index contributed by atoms with van der Waals surface area (Å²) in [6.45, 7) is 2.04. The average Bonchev–Trinajstić information content (AvgIpc) is 2.62. The fourth-order valence-electron chi connectivity index (χ4n) is 1.77. The van der Waals surface area contributed by atoms with Gasteiger partial charge in [0.1, 0.15) is 0 Å². The molecule has 0 saturated carbocycles. The number of aryl methyl sites for hydroxylation is 1. The second kappa shape index (κ2) is 3.25. The summed E-state index contributed by atoms with van der Waals surface area (Å²) < 4.78 is 0. The van der Waals surface area contributed by atoms with Gasteiger partial charge in [0.25, 0.3) is 0 Å². The summed E-state index contributed by atoms with van der Waals surface area (Å²) in [6, 6.07) is 6.36. The van der Waals surface area contributed by atoms with Gasteiger partial charge in [-0.05, 0) is 49.0 Å². The molecule has 1 nitrogen and oxygen atoms in total. The second-order valence-corrected chi connectivity index (χ2v) is 3.69. The van der Waals surface area contributed by atoms with Crippen molar-refractivity contribution in [1.82, 2.24) is 0 Å². The van der Waals surface area contributed by atoms with Crippen molar-refractivity contribution >= 4 is 11.3 Å². The minimum absolute atomic E-state index is 0.908. The van der Waals surface area contributed by atoms with Crippen LogP contribution in [0.4, 0.5) is 5.69 Å². The molecular weight excluding hydrogens is 158 g/mol. The van der Waals surface area contributed by atoms with E-state index in [0.29, 0.717) is 0 Å². The molecule has 0 aliphatic heterocycles. The van der Waals surface area contributed by atoms with Crippen LogP contribution in [0.2, 0.25) is 0 Å². The van der Waals surface area contributed by atoms with Gasteiger partial charge in [0.2, 0.25) is 0 Å². The SMILES string of the molecule is Cc1ccc(C2=CCCC2)cc1N. The normalized spacial score (nSPS) is 15.9. The van der Waals surface area contributed by atoms with E-state index in [9.17, 15) is 0 Å². The zero-order valence-corrected chi connectivity index (χ0v) is 8.01. The number of benzene rings is 1. The van der Waals surface area contributed by atoms with Gasteiger partial charge >= 0.3 is 0 Å². The van der Waals surface area contributed by atoms with Gasteiger partial charge in [0.05, 0.1) is 0 Å². The summed E-state index contributed by atoms with van der Waals surface area (Å²) in [5.74, 6) is 0. The number of anilines is 1. The molecule has 2 rings (SSSR count). The van der Waals surface area contributed by atoms with E-state index in [-0.39, 0.29) is 0 Å². The predicted octanol–water partition coefficient (Wildman–Crippen LogP) is 3.14. The van der Waals surface area contributed by atoms with E-state index in [2.05, 4.69) is 24.3 Å². The smallest absolute Gasteiger partial charge is 0.0349 e. The Labute approximate surface area is 79.3 Å². The van der Waals surface area contributed by atoms with Crippen molar-refractivity contribution in [3.8, 4) is 0 Å². The van der Waals surface area contributed by atoms with Crippen LogP contribution in [0.3, 0.4) is 0 Å². The topological polar surface area (TPSA) is 26.0 Å². The molecule has 0 amide bonds. The van der Waals surface area contributed by atoms with Gasteiger partial charge in [0.15, 0.2) is 0 Å². The van der Waals surface area contributed by atoms with Gasteiger partial charge in [-0.3, -0.25) is 0 Å². The molecule has 0 fully saturated rings. The van der Waals surface area contributed by atoms with Crippen LogP contribution in [-0.2, 0) is 0 Å². The molecule has 0 unspecified atom stereocenters. The zero-order valence-electron chi connectivity index (χ0n) is 8.01. The van der Waals surface area contributed by atoms with Gasteiger partial charge in [-0.15, -0.1) is 0 Å². The van der Waals surface area contributed by atoms with Crippen molar-refractivity contribution in [1.29, 1.82) is 0 Å². The monoisotopic (exact) mass is 173 g/mol. The first kappa shape index (κ1) is 8.36. The number of allylic oxidation sites excluding steroid dienone is 2. The van der Waals surface area contributed by atoms with Gasteiger partial charge in [-0.2, -0.15) is 0 Å². The summed E-state index contributed by atoms with van der Waals surface area (Å²) >= 11 is 0. The third kappa shape index (κ3) is 1.59. The number of nitrogens with two attached hydrogens (primary N) is 1. The van der Waals surface area contributed by atoms with E-state index in [4.69, 9.17) is 5.73 Å². The van der Waals surface area contributed by atoms with Crippen LogP contribution in [0.25, 0.3) is 5.57 Å². The Bertz CT molecular complexity index is 350. The van der Waals surface area contributed by atoms with E-state index in [1.807, 2.05) is 6.92 Å². The summed E-state index contributed by atoms with van der Waals surface area (Å²) in [5.41, 5.74) is 10.7. The summed E-state index contributed by atoms with van der Waals surface area (Å²) in [5, 5.41) is 0. The van der Waals surface area contributed by atoms with E-state index < -0.39 is 0 Å². The van der Waals surface area contributed by atoms with Gasteiger partial charge in [0, 0.05) is 5.69 Å². The standard InChI is InChI=1S/C12H15N/c1-9-6-7-11(8-12(9)13)10-4-2-3-5-10/h4,6-8H,2-3,5,13H2,1H3. The van der Waals surface area contributed by atoms with Crippen molar-refractivity contribution in [3.05, 3.63) is 35.4 Å². The molecule has 0 spiro atoms. The maximum Gasteiger partial charge on any atom is 0.0349 e. The lowest BCUT2D eigenvalue weighted by Crippen LogP contribution is -1.91. The molecule has 2 N–H and O–H groups in total. The third-order valence-electron chi connectivity index (χ3n) is 2.69. The zero-order chi connectivity index (χ0) is 9.26. The Hall–Kier alpha value is -1.24. The average molecular weight is 173 g/mol. The van der Waals surface area contributed by atoms with Gasteiger partial charge < -0.3 is 5.73 Å². The Morgan fingerprint density at radius 2 is 2.15 bits per heavy atom. The van der Waals surface area contributed by atoms with Crippen molar-refractivity contribution in [2.75, 3.05) is 5.73 Å². The molecule has 0 heterocycles. The number of hydrogen-bond acceptors (Lipinski definition) is 1. The fraction of sp³-hybridized carbons (Fsp3) is 0.333. The summed E-state index contributed by atoms with van der Waals surface area (Å²) in [4.78, 5) is 0. The first-order valence-electron chi connectivity index (χ1n) is 4.83. The van der Waals surface area contributed by atoms with Crippen molar-refractivity contribution < 1.29 is 0 Å². The maximum absolute atomic E-state index is 5.86. The van der Waals surface area contributed by atoms with Crippen molar-refractivity contribution in [2.24, 2.45) is 0 Å². The quantitative estimate of drug-likeness (QED) is 0.649. The highest BCUT2D eigenvalue weighted by atomic mass is 14.6. The fourth-order valence-corrected chi connectivity index (χ4v) is 1.77. The van der Waals surface area contributed by atoms with Crippen LogP contribution in [0.1, 0.15) is 30.4 Å². The van der Waals surface area contributed by atoms with Crippen molar-refractivity contribution in [2.45, 2.75) is 26.2 Å². The Balaban J connectivity index is 2.36. The number of rotatable bonds is 1. The van der Waals surface area contributed by atoms with E-state index in [1.54, 1.807) is 0 Å². The molecule has 1 aliphatic rings. The largest absolute Gasteiger partial charge is 0.398 e. The molecule has 1 aromatic carbocycles. The molecule has 1 aliphatic carbocycles. The van der Waals surface area contributed by atoms with Gasteiger partial charge in [-0.1, -0.05) is 18.2 Å². The first-order valence-corrected chi connectivity index (χ1v) is 4.83. The van der Waals surface area contributed by atoms with Crippen LogP contribution in [0.5, 0.6) is 0 Å². The summed E-state index contributed by atoms with van der Waals surface area (Å²) in [6.07, 6.45) is 6.05. The lowest BCUT2D eigenvalue weighted by molar-refractivity contribution is 0.935. The highest BCUT2D eigenvalue weighted by Crippen LogP contribution is 2.29. The number of hydrogen-bond donors (Lipinski definition) is 1. The Kier molecular flexibility index (Phi) is 2.09. The molecule has 0 aromatic heterocycles. The minimum atomic E-state index is 0.908. The predicted molar refractivity (Wildman–Crippen MR) is 57.4 cm³/mol. The third-order valence-corrected chi connectivity index (χ3v) is 2.69. The molecule has 0 saturated heterocycles. The van der Waals surface area contributed by atoms with Crippen LogP contribution < -0.4 is 5.73 Å². The highest BCUT2D eigenvalue weighted by Gasteiger charge is 2.07. The van der Waals surface area contributed by atoms with Gasteiger partial charge in [-0.25, -0.2) is 0 Å². The van der Waals surface area contributed by atoms with Crippen LogP contribution >= 0.6 is 0 Å². The van der Waals surface area contributed by atoms with Crippen LogP contribution in [0.15, 0.2) is 24.3 Å². The number of nitrogen functional groups attached to an aromatic ring is 1. The molecule has 1 heteroatoms. The lowest BCUT2D eigenvalue weighted by atomic mass is 10.0. The molecule has 13 heavy (non-hydrogen) atoms. The molecule has 68 valence electrons. The van der Waals surface area contributed by atoms with Crippen molar-refractivity contribution in [3.63, 3.8) is 0 Å². The van der Waals surface area contributed by atoms with E-state index >= 15 is 0 Å². The lowest BCUT2D eigenvalue weighted by Gasteiger charge is -2.05. The first-order chi connectivity index (χ1) is 6.27. The Morgan fingerprint density at radius 3 is 2.77 bits per heavy atom. The Morgan fingerprint density at radius 1 is 1.31 bits per heavy atom. The minimum Gasteiger partial charge on any atom is -0.398 e. The van der Waals surface area contributed by atoms with E-state index in [0.717, 1.165) is 5.69 Å². The molecule has 0 atom stereocenters. The molecular formula is C12H15N.